The highest BCUT2D eigenvalue weighted by Crippen LogP contribution is 2.26. The van der Waals surface area contributed by atoms with E-state index in [-0.39, 0.29) is 18.2 Å². The summed E-state index contributed by atoms with van der Waals surface area (Å²) in [5.74, 6) is 0. The van der Waals surface area contributed by atoms with E-state index in [1.54, 1.807) is 11.4 Å². The molecule has 0 aromatic carbocycles. The fraction of sp³-hybridized carbons (Fsp3) is 0.875. The molecule has 0 amide bonds. The van der Waals surface area contributed by atoms with Gasteiger partial charge >= 0.3 is 0 Å². The van der Waals surface area contributed by atoms with Gasteiger partial charge in [0.05, 0.1) is 13.2 Å². The van der Waals surface area contributed by atoms with Crippen LogP contribution in [0.5, 0.6) is 0 Å². The highest BCUT2D eigenvalue weighted by molar-refractivity contribution is 5.55. The Kier molecular flexibility index (Phi) is 2.69. The summed E-state index contributed by atoms with van der Waals surface area (Å²) in [4.78, 5) is 9.59. The number of hydrogen-bond acceptors (Lipinski definition) is 4. The van der Waals surface area contributed by atoms with E-state index < -0.39 is 0 Å². The van der Waals surface area contributed by atoms with Gasteiger partial charge in [0.15, 0.2) is 6.23 Å². The van der Waals surface area contributed by atoms with E-state index in [1.165, 1.54) is 0 Å². The number of aliphatic hydroxyl groups excluding tert-OH is 1. The lowest BCUT2D eigenvalue weighted by Crippen LogP contribution is -2.30. The van der Waals surface area contributed by atoms with E-state index in [1.807, 2.05) is 0 Å². The number of β-amino-alcohol motifs (C(OH)–C–C–N with tert-alkyl or cyclic N) is 1. The summed E-state index contributed by atoms with van der Waals surface area (Å²) in [6.07, 6.45) is 1.51. The van der Waals surface area contributed by atoms with Gasteiger partial charge in [0.1, 0.15) is 6.34 Å². The van der Waals surface area contributed by atoms with Crippen molar-refractivity contribution in [3.63, 3.8) is 0 Å². The zero-order chi connectivity index (χ0) is 9.19. The standard InChI is InChI=1S/C8H16N2O2/c1-8(2,3)7-9-6-10(12-7)4-5-11/h6-7,11H,4-5H2,1-3H3. The van der Waals surface area contributed by atoms with Crippen molar-refractivity contribution in [3.8, 4) is 0 Å². The normalized spacial score (nSPS) is 23.7. The molecule has 0 bridgehead atoms. The first kappa shape index (κ1) is 9.48. The van der Waals surface area contributed by atoms with Crippen molar-refractivity contribution in [3.05, 3.63) is 0 Å². The van der Waals surface area contributed by atoms with Crippen molar-refractivity contribution in [2.45, 2.75) is 27.0 Å². The van der Waals surface area contributed by atoms with E-state index in [4.69, 9.17) is 9.94 Å². The molecule has 0 radical (unpaired) electrons. The maximum Gasteiger partial charge on any atom is 0.181 e. The van der Waals surface area contributed by atoms with Crippen LogP contribution in [0.15, 0.2) is 4.99 Å². The molecule has 1 aliphatic heterocycles. The quantitative estimate of drug-likeness (QED) is 0.664. The van der Waals surface area contributed by atoms with Crippen LogP contribution in [-0.2, 0) is 4.84 Å². The highest BCUT2D eigenvalue weighted by Gasteiger charge is 2.30. The van der Waals surface area contributed by atoms with Gasteiger partial charge in [-0.2, -0.15) is 0 Å². The molecule has 1 N–H and O–H groups in total. The van der Waals surface area contributed by atoms with Crippen molar-refractivity contribution < 1.29 is 9.94 Å². The fourth-order valence-electron chi connectivity index (χ4n) is 0.908. The van der Waals surface area contributed by atoms with Crippen LogP contribution in [0, 0.1) is 5.41 Å². The lowest BCUT2D eigenvalue weighted by atomic mass is 9.95. The lowest BCUT2D eigenvalue weighted by Gasteiger charge is -2.24. The fourth-order valence-corrected chi connectivity index (χ4v) is 0.908. The second-order valence-electron chi connectivity index (χ2n) is 3.95. The minimum atomic E-state index is -0.121. The maximum absolute atomic E-state index is 8.63. The second-order valence-corrected chi connectivity index (χ2v) is 3.95. The SMILES string of the molecule is CC(C)(C)C1N=CN(CCO)O1. The molecule has 1 atom stereocenters. The van der Waals surface area contributed by atoms with Gasteiger partial charge in [0.25, 0.3) is 0 Å². The maximum atomic E-state index is 8.63. The highest BCUT2D eigenvalue weighted by atomic mass is 16.7. The van der Waals surface area contributed by atoms with E-state index >= 15 is 0 Å². The number of rotatable bonds is 2. The monoisotopic (exact) mass is 172 g/mol. The Balaban J connectivity index is 2.42. The van der Waals surface area contributed by atoms with Gasteiger partial charge in [0, 0.05) is 5.41 Å². The van der Waals surface area contributed by atoms with Crippen LogP contribution in [0.1, 0.15) is 20.8 Å². The molecule has 0 aliphatic carbocycles. The van der Waals surface area contributed by atoms with Gasteiger partial charge in [-0.3, -0.25) is 0 Å². The number of aliphatic hydroxyl groups is 1. The first-order valence-corrected chi connectivity index (χ1v) is 4.11. The van der Waals surface area contributed by atoms with Gasteiger partial charge in [-0.1, -0.05) is 20.8 Å². The minimum absolute atomic E-state index is 0.0146. The molecule has 1 rings (SSSR count). The molecular weight excluding hydrogens is 156 g/mol. The third-order valence-corrected chi connectivity index (χ3v) is 1.63. The summed E-state index contributed by atoms with van der Waals surface area (Å²) >= 11 is 0. The summed E-state index contributed by atoms with van der Waals surface area (Å²) in [5, 5.41) is 10.2. The summed E-state index contributed by atoms with van der Waals surface area (Å²) in [5.41, 5.74) is 0.0146. The summed E-state index contributed by atoms with van der Waals surface area (Å²) in [7, 11) is 0. The zero-order valence-corrected chi connectivity index (χ0v) is 7.82. The van der Waals surface area contributed by atoms with E-state index in [2.05, 4.69) is 25.8 Å². The molecule has 0 saturated carbocycles. The van der Waals surface area contributed by atoms with E-state index in [0.29, 0.717) is 6.54 Å². The largest absolute Gasteiger partial charge is 0.394 e. The smallest absolute Gasteiger partial charge is 0.181 e. The third-order valence-electron chi connectivity index (χ3n) is 1.63. The number of hydrogen-bond donors (Lipinski definition) is 1. The molecule has 12 heavy (non-hydrogen) atoms. The van der Waals surface area contributed by atoms with Crippen LogP contribution >= 0.6 is 0 Å². The van der Waals surface area contributed by atoms with Crippen molar-refractivity contribution in [1.29, 1.82) is 0 Å². The van der Waals surface area contributed by atoms with Gasteiger partial charge in [0.2, 0.25) is 0 Å². The van der Waals surface area contributed by atoms with Gasteiger partial charge in [-0.15, -0.1) is 0 Å². The summed E-state index contributed by atoms with van der Waals surface area (Å²) in [6.45, 7) is 6.77. The average molecular weight is 172 g/mol. The Morgan fingerprint density at radius 1 is 1.58 bits per heavy atom. The average Bonchev–Trinajstić information content (AvgIpc) is 2.35. The topological polar surface area (TPSA) is 45.1 Å². The minimum Gasteiger partial charge on any atom is -0.394 e. The Labute approximate surface area is 72.8 Å². The Morgan fingerprint density at radius 2 is 2.25 bits per heavy atom. The Morgan fingerprint density at radius 3 is 2.67 bits per heavy atom. The van der Waals surface area contributed by atoms with Crippen molar-refractivity contribution in [1.82, 2.24) is 5.06 Å². The predicted molar refractivity (Wildman–Crippen MR) is 46.6 cm³/mol. The summed E-state index contributed by atoms with van der Waals surface area (Å²) < 4.78 is 0. The molecule has 70 valence electrons. The molecule has 1 unspecified atom stereocenters. The van der Waals surface area contributed by atoms with Gasteiger partial charge in [-0.25, -0.2) is 14.9 Å². The van der Waals surface area contributed by atoms with E-state index in [9.17, 15) is 0 Å². The Bertz CT molecular complexity index is 174. The van der Waals surface area contributed by atoms with Crippen LogP contribution in [0.3, 0.4) is 0 Å². The van der Waals surface area contributed by atoms with Gasteiger partial charge in [-0.05, 0) is 0 Å². The molecule has 1 aliphatic rings. The molecule has 1 heterocycles. The predicted octanol–water partition coefficient (Wildman–Crippen LogP) is 0.626. The second kappa shape index (κ2) is 3.41. The zero-order valence-electron chi connectivity index (χ0n) is 7.82. The molecule has 0 aromatic rings. The van der Waals surface area contributed by atoms with Crippen molar-refractivity contribution in [2.24, 2.45) is 10.4 Å². The molecule has 0 fully saturated rings. The van der Waals surface area contributed by atoms with Crippen LogP contribution < -0.4 is 0 Å². The lowest BCUT2D eigenvalue weighted by molar-refractivity contribution is -0.155. The molecule has 0 saturated heterocycles. The number of aliphatic imine (C=N–C) groups is 1. The number of hydroxylamine groups is 2. The first-order valence-electron chi connectivity index (χ1n) is 4.11. The van der Waals surface area contributed by atoms with Crippen LogP contribution in [-0.4, -0.2) is 35.9 Å². The van der Waals surface area contributed by atoms with Gasteiger partial charge < -0.3 is 5.11 Å². The molecule has 0 spiro atoms. The molecule has 4 nitrogen and oxygen atoms in total. The van der Waals surface area contributed by atoms with Crippen molar-refractivity contribution >= 4 is 6.34 Å². The molecule has 0 aromatic heterocycles. The third kappa shape index (κ3) is 2.19. The van der Waals surface area contributed by atoms with E-state index in [0.717, 1.165) is 0 Å². The van der Waals surface area contributed by atoms with Crippen LogP contribution in [0.25, 0.3) is 0 Å². The summed E-state index contributed by atoms with van der Waals surface area (Å²) in [6, 6.07) is 0. The molecule has 4 heteroatoms. The number of nitrogens with zero attached hydrogens (tertiary/aromatic N) is 2. The Hall–Kier alpha value is -0.610. The van der Waals surface area contributed by atoms with Crippen LogP contribution in [0.4, 0.5) is 0 Å². The van der Waals surface area contributed by atoms with Crippen LogP contribution in [0.2, 0.25) is 0 Å². The molecular formula is C8H16N2O2. The first-order chi connectivity index (χ1) is 5.54. The van der Waals surface area contributed by atoms with Crippen molar-refractivity contribution in [2.75, 3.05) is 13.2 Å².